The minimum Gasteiger partial charge on any atom is -0.322 e. The van der Waals surface area contributed by atoms with E-state index < -0.39 is 0 Å². The normalized spacial score (nSPS) is 11.0. The van der Waals surface area contributed by atoms with Crippen LogP contribution in [0.2, 0.25) is 5.02 Å². The number of carbonyl (C=O) groups is 1. The van der Waals surface area contributed by atoms with Crippen LogP contribution in [0.1, 0.15) is 27.0 Å². The second-order valence-corrected chi connectivity index (χ2v) is 7.21. The molecule has 1 amide bonds. The summed E-state index contributed by atoms with van der Waals surface area (Å²) >= 11 is 6.13. The van der Waals surface area contributed by atoms with Gasteiger partial charge in [0.25, 0.3) is 5.91 Å². The molecule has 0 aliphatic rings. The standard InChI is InChI=1S/C22H19ClN4O/c1-14-6-8-16(9-7-14)13-27-21-11-10-17(12-20(21)25-26-27)22(28)24-19-5-3-4-18(23)15(19)2/h3-12H,13H2,1-2H3,(H,24,28). The van der Waals surface area contributed by atoms with Crippen LogP contribution in [0.4, 0.5) is 5.69 Å². The maximum Gasteiger partial charge on any atom is 0.255 e. The zero-order chi connectivity index (χ0) is 19.7. The first-order valence-corrected chi connectivity index (χ1v) is 9.34. The maximum absolute atomic E-state index is 12.6. The van der Waals surface area contributed by atoms with Gasteiger partial charge in [-0.1, -0.05) is 52.7 Å². The van der Waals surface area contributed by atoms with Gasteiger partial charge in [-0.2, -0.15) is 0 Å². The van der Waals surface area contributed by atoms with Crippen molar-refractivity contribution in [3.05, 3.63) is 87.9 Å². The molecule has 28 heavy (non-hydrogen) atoms. The minimum atomic E-state index is -0.208. The Labute approximate surface area is 167 Å². The number of hydrogen-bond acceptors (Lipinski definition) is 3. The summed E-state index contributed by atoms with van der Waals surface area (Å²) in [6.45, 7) is 4.56. The highest BCUT2D eigenvalue weighted by Crippen LogP contribution is 2.24. The molecule has 0 unspecified atom stereocenters. The van der Waals surface area contributed by atoms with E-state index in [9.17, 15) is 4.79 Å². The van der Waals surface area contributed by atoms with Crippen molar-refractivity contribution in [1.82, 2.24) is 15.0 Å². The minimum absolute atomic E-state index is 0.208. The van der Waals surface area contributed by atoms with Crippen molar-refractivity contribution in [3.63, 3.8) is 0 Å². The summed E-state index contributed by atoms with van der Waals surface area (Å²) in [5, 5.41) is 12.0. The number of aryl methyl sites for hydroxylation is 1. The molecule has 4 aromatic rings. The number of benzene rings is 3. The molecule has 3 aromatic carbocycles. The average molecular weight is 391 g/mol. The second-order valence-electron chi connectivity index (χ2n) is 6.80. The number of anilines is 1. The highest BCUT2D eigenvalue weighted by Gasteiger charge is 2.12. The summed E-state index contributed by atoms with van der Waals surface area (Å²) in [6.07, 6.45) is 0. The van der Waals surface area contributed by atoms with E-state index in [2.05, 4.69) is 46.8 Å². The first-order valence-electron chi connectivity index (χ1n) is 8.96. The van der Waals surface area contributed by atoms with Gasteiger partial charge >= 0.3 is 0 Å². The molecule has 0 saturated carbocycles. The lowest BCUT2D eigenvalue weighted by Crippen LogP contribution is -2.12. The lowest BCUT2D eigenvalue weighted by molar-refractivity contribution is 0.102. The highest BCUT2D eigenvalue weighted by atomic mass is 35.5. The van der Waals surface area contributed by atoms with Gasteiger partial charge in [0.2, 0.25) is 0 Å². The van der Waals surface area contributed by atoms with E-state index >= 15 is 0 Å². The van der Waals surface area contributed by atoms with Gasteiger partial charge in [0.05, 0.1) is 12.1 Å². The van der Waals surface area contributed by atoms with E-state index in [1.807, 2.05) is 29.8 Å². The summed E-state index contributed by atoms with van der Waals surface area (Å²) in [5.41, 5.74) is 5.99. The molecule has 6 heteroatoms. The van der Waals surface area contributed by atoms with Crippen LogP contribution in [0.3, 0.4) is 0 Å². The highest BCUT2D eigenvalue weighted by molar-refractivity contribution is 6.31. The summed E-state index contributed by atoms with van der Waals surface area (Å²) < 4.78 is 1.84. The molecule has 0 radical (unpaired) electrons. The van der Waals surface area contributed by atoms with Gasteiger partial charge in [-0.25, -0.2) is 4.68 Å². The van der Waals surface area contributed by atoms with Gasteiger partial charge in [0.1, 0.15) is 5.52 Å². The number of nitrogens with zero attached hydrogens (tertiary/aromatic N) is 3. The molecule has 0 atom stereocenters. The molecule has 1 N–H and O–H groups in total. The first-order chi connectivity index (χ1) is 13.5. The smallest absolute Gasteiger partial charge is 0.255 e. The molecule has 0 spiro atoms. The first kappa shape index (κ1) is 18.2. The fourth-order valence-corrected chi connectivity index (χ4v) is 3.21. The number of halogens is 1. The number of amides is 1. The molecular weight excluding hydrogens is 372 g/mol. The Morgan fingerprint density at radius 3 is 2.64 bits per heavy atom. The van der Waals surface area contributed by atoms with Gasteiger partial charge in [-0.05, 0) is 55.3 Å². The van der Waals surface area contributed by atoms with E-state index in [1.165, 1.54) is 5.56 Å². The lowest BCUT2D eigenvalue weighted by Gasteiger charge is -2.09. The van der Waals surface area contributed by atoms with Gasteiger partial charge in [-0.15, -0.1) is 5.10 Å². The van der Waals surface area contributed by atoms with Gasteiger partial charge in [0.15, 0.2) is 0 Å². The van der Waals surface area contributed by atoms with Gasteiger partial charge in [-0.3, -0.25) is 4.79 Å². The quantitative estimate of drug-likeness (QED) is 0.533. The third-order valence-corrected chi connectivity index (χ3v) is 5.15. The Kier molecular flexibility index (Phi) is 4.84. The van der Waals surface area contributed by atoms with Crippen LogP contribution in [-0.2, 0) is 6.54 Å². The molecule has 0 aliphatic carbocycles. The molecule has 0 fully saturated rings. The molecule has 0 aliphatic heterocycles. The van der Waals surface area contributed by atoms with Crippen molar-refractivity contribution < 1.29 is 4.79 Å². The molecular formula is C22H19ClN4O. The molecule has 1 heterocycles. The predicted octanol–water partition coefficient (Wildman–Crippen LogP) is 5.00. The van der Waals surface area contributed by atoms with Crippen LogP contribution in [0.15, 0.2) is 60.7 Å². The van der Waals surface area contributed by atoms with Crippen LogP contribution >= 0.6 is 11.6 Å². The van der Waals surface area contributed by atoms with Crippen molar-refractivity contribution >= 4 is 34.2 Å². The van der Waals surface area contributed by atoms with Gasteiger partial charge in [0, 0.05) is 16.3 Å². The molecule has 0 saturated heterocycles. The lowest BCUT2D eigenvalue weighted by atomic mass is 10.1. The monoisotopic (exact) mass is 390 g/mol. The van der Waals surface area contributed by atoms with Crippen molar-refractivity contribution in [2.75, 3.05) is 5.32 Å². The van der Waals surface area contributed by atoms with Crippen LogP contribution in [-0.4, -0.2) is 20.9 Å². The second kappa shape index (κ2) is 7.44. The summed E-state index contributed by atoms with van der Waals surface area (Å²) in [6, 6.07) is 19.2. The summed E-state index contributed by atoms with van der Waals surface area (Å²) in [5.74, 6) is -0.208. The number of aromatic nitrogens is 3. The predicted molar refractivity (Wildman–Crippen MR) is 112 cm³/mol. The Morgan fingerprint density at radius 2 is 1.86 bits per heavy atom. The van der Waals surface area contributed by atoms with E-state index in [0.29, 0.717) is 28.3 Å². The average Bonchev–Trinajstić information content (AvgIpc) is 3.09. The third-order valence-electron chi connectivity index (χ3n) is 4.74. The summed E-state index contributed by atoms with van der Waals surface area (Å²) in [4.78, 5) is 12.6. The SMILES string of the molecule is Cc1ccc(Cn2nnc3cc(C(=O)Nc4cccc(Cl)c4C)ccc32)cc1. The Balaban J connectivity index is 1.57. The molecule has 1 aromatic heterocycles. The Morgan fingerprint density at radius 1 is 1.07 bits per heavy atom. The third kappa shape index (κ3) is 3.62. The van der Waals surface area contributed by atoms with E-state index in [-0.39, 0.29) is 5.91 Å². The summed E-state index contributed by atoms with van der Waals surface area (Å²) in [7, 11) is 0. The zero-order valence-corrected chi connectivity index (χ0v) is 16.4. The Hall–Kier alpha value is -3.18. The van der Waals surface area contributed by atoms with Crippen molar-refractivity contribution in [1.29, 1.82) is 0 Å². The number of fused-ring (bicyclic) bond motifs is 1. The van der Waals surface area contributed by atoms with Crippen molar-refractivity contribution in [2.24, 2.45) is 0 Å². The van der Waals surface area contributed by atoms with Gasteiger partial charge < -0.3 is 5.32 Å². The number of hydrogen-bond donors (Lipinski definition) is 1. The fraction of sp³-hybridized carbons (Fsp3) is 0.136. The van der Waals surface area contributed by atoms with E-state index in [0.717, 1.165) is 16.6 Å². The zero-order valence-electron chi connectivity index (χ0n) is 15.6. The molecule has 0 bridgehead atoms. The number of nitrogens with one attached hydrogen (secondary N) is 1. The van der Waals surface area contributed by atoms with E-state index in [4.69, 9.17) is 11.6 Å². The number of rotatable bonds is 4. The van der Waals surface area contributed by atoms with Crippen molar-refractivity contribution in [3.8, 4) is 0 Å². The largest absolute Gasteiger partial charge is 0.322 e. The molecule has 140 valence electrons. The van der Waals surface area contributed by atoms with Crippen LogP contribution in [0, 0.1) is 13.8 Å². The Bertz CT molecular complexity index is 1170. The van der Waals surface area contributed by atoms with Crippen LogP contribution in [0.5, 0.6) is 0 Å². The fourth-order valence-electron chi connectivity index (χ4n) is 3.03. The number of carbonyl (C=O) groups excluding carboxylic acids is 1. The molecule has 5 nitrogen and oxygen atoms in total. The van der Waals surface area contributed by atoms with E-state index in [1.54, 1.807) is 18.2 Å². The topological polar surface area (TPSA) is 59.8 Å². The van der Waals surface area contributed by atoms with Crippen LogP contribution < -0.4 is 5.32 Å². The van der Waals surface area contributed by atoms with Crippen LogP contribution in [0.25, 0.3) is 11.0 Å². The van der Waals surface area contributed by atoms with Crippen molar-refractivity contribution in [2.45, 2.75) is 20.4 Å². The molecule has 4 rings (SSSR count). The maximum atomic E-state index is 12.6.